The number of nitrogens with zero attached hydrogens (tertiary/aromatic N) is 5. The summed E-state index contributed by atoms with van der Waals surface area (Å²) < 4.78 is 39.9. The van der Waals surface area contributed by atoms with Crippen LogP contribution in [0.3, 0.4) is 0 Å². The number of carbonyl (C=O) groups is 1. The van der Waals surface area contributed by atoms with Crippen molar-refractivity contribution in [2.24, 2.45) is 0 Å². The molecular formula is C22H25F3N6O. The largest absolute Gasteiger partial charge is 0.453 e. The molecule has 7 nitrogen and oxygen atoms in total. The Bertz CT molecular complexity index is 1080. The Morgan fingerprint density at radius 3 is 2.69 bits per heavy atom. The normalized spacial score (nSPS) is 17.6. The Balaban J connectivity index is 1.41. The highest BCUT2D eigenvalue weighted by Crippen LogP contribution is 2.28. The van der Waals surface area contributed by atoms with Gasteiger partial charge in [0.15, 0.2) is 0 Å². The molecule has 3 aromatic rings. The summed E-state index contributed by atoms with van der Waals surface area (Å²) in [6.45, 7) is 3.90. The van der Waals surface area contributed by atoms with Crippen LogP contribution in [-0.4, -0.2) is 49.5 Å². The van der Waals surface area contributed by atoms with Crippen LogP contribution in [-0.2, 0) is 17.5 Å². The smallest absolute Gasteiger partial charge is 0.351 e. The van der Waals surface area contributed by atoms with Gasteiger partial charge in [-0.05, 0) is 37.4 Å². The summed E-state index contributed by atoms with van der Waals surface area (Å²) in [6, 6.07) is 9.28. The van der Waals surface area contributed by atoms with Gasteiger partial charge in [0, 0.05) is 24.3 Å². The Labute approximate surface area is 183 Å². The Morgan fingerprint density at radius 2 is 1.97 bits per heavy atom. The number of benzene rings is 1. The van der Waals surface area contributed by atoms with E-state index in [1.54, 1.807) is 18.2 Å². The summed E-state index contributed by atoms with van der Waals surface area (Å²) in [6.07, 6.45) is 1.30. The third-order valence-electron chi connectivity index (χ3n) is 5.80. The maximum Gasteiger partial charge on any atom is 0.453 e. The fourth-order valence-electron chi connectivity index (χ4n) is 4.10. The van der Waals surface area contributed by atoms with Crippen molar-refractivity contribution in [1.82, 2.24) is 29.8 Å². The van der Waals surface area contributed by atoms with Gasteiger partial charge in [0.1, 0.15) is 0 Å². The third-order valence-corrected chi connectivity index (χ3v) is 5.80. The predicted molar refractivity (Wildman–Crippen MR) is 113 cm³/mol. The summed E-state index contributed by atoms with van der Waals surface area (Å²) >= 11 is 0. The molecule has 0 saturated carbocycles. The highest BCUT2D eigenvalue weighted by molar-refractivity contribution is 5.78. The lowest BCUT2D eigenvalue weighted by atomic mass is 10.00. The second-order valence-electron chi connectivity index (χ2n) is 7.98. The topological polar surface area (TPSA) is 75.4 Å². The minimum atomic E-state index is -4.64. The number of hydrogen-bond donors (Lipinski definition) is 1. The molecule has 10 heteroatoms. The zero-order valence-electron chi connectivity index (χ0n) is 17.8. The van der Waals surface area contributed by atoms with E-state index in [0.29, 0.717) is 30.4 Å². The van der Waals surface area contributed by atoms with Crippen LogP contribution in [0.2, 0.25) is 0 Å². The second kappa shape index (κ2) is 9.23. The molecule has 0 bridgehead atoms. The molecule has 1 N–H and O–H groups in total. The van der Waals surface area contributed by atoms with Gasteiger partial charge in [0.25, 0.3) is 11.6 Å². The maximum atomic E-state index is 12.9. The first-order valence-electron chi connectivity index (χ1n) is 10.7. The first kappa shape index (κ1) is 22.2. The predicted octanol–water partition coefficient (Wildman–Crippen LogP) is 3.69. The number of nitrogens with one attached hydrogen (secondary N) is 1. The fraction of sp³-hybridized carbons (Fsp3) is 0.455. The molecule has 1 saturated heterocycles. The van der Waals surface area contributed by atoms with Gasteiger partial charge in [-0.15, -0.1) is 5.10 Å². The highest BCUT2D eigenvalue weighted by atomic mass is 19.4. The van der Waals surface area contributed by atoms with E-state index >= 15 is 0 Å². The number of piperidine rings is 1. The van der Waals surface area contributed by atoms with E-state index in [1.807, 2.05) is 12.1 Å². The van der Waals surface area contributed by atoms with Crippen molar-refractivity contribution < 1.29 is 18.0 Å². The van der Waals surface area contributed by atoms with Gasteiger partial charge in [-0.2, -0.15) is 22.7 Å². The summed E-state index contributed by atoms with van der Waals surface area (Å²) in [4.78, 5) is 22.0. The molecule has 1 amide bonds. The Kier molecular flexibility index (Phi) is 6.40. The van der Waals surface area contributed by atoms with Crippen molar-refractivity contribution in [3.8, 4) is 11.3 Å². The molecule has 3 heterocycles. The van der Waals surface area contributed by atoms with Crippen molar-refractivity contribution in [3.63, 3.8) is 0 Å². The van der Waals surface area contributed by atoms with E-state index < -0.39 is 12.0 Å². The highest BCUT2D eigenvalue weighted by Gasteiger charge is 2.36. The van der Waals surface area contributed by atoms with Gasteiger partial charge < -0.3 is 5.32 Å². The van der Waals surface area contributed by atoms with E-state index in [1.165, 1.54) is 12.6 Å². The maximum absolute atomic E-state index is 12.9. The summed E-state index contributed by atoms with van der Waals surface area (Å²) in [5.74, 6) is -1.35. The zero-order chi connectivity index (χ0) is 22.7. The minimum absolute atomic E-state index is 0.00688. The standard InChI is InChI=1S/C22H25F3N6O/c1-2-17-5-3-4-12-30(17)14-19(32)27-13-15-6-8-16(9-7-15)18-10-11-26-21-28-20(22(23,24)25)29-31(18)21/h6-11,17H,2-5,12-14H2,1H3,(H,27,32)/t17-/m1/s1. The van der Waals surface area contributed by atoms with Crippen LogP contribution in [0.15, 0.2) is 36.5 Å². The molecular weight excluding hydrogens is 421 g/mol. The van der Waals surface area contributed by atoms with E-state index in [4.69, 9.17) is 0 Å². The van der Waals surface area contributed by atoms with Gasteiger partial charge in [0.2, 0.25) is 5.91 Å². The van der Waals surface area contributed by atoms with Crippen LogP contribution in [0.25, 0.3) is 17.0 Å². The molecule has 170 valence electrons. The number of carbonyl (C=O) groups excluding carboxylic acids is 1. The fourth-order valence-corrected chi connectivity index (χ4v) is 4.10. The van der Waals surface area contributed by atoms with Crippen molar-refractivity contribution in [2.75, 3.05) is 13.1 Å². The number of alkyl halides is 3. The van der Waals surface area contributed by atoms with Gasteiger partial charge in [-0.1, -0.05) is 37.6 Å². The zero-order valence-corrected chi connectivity index (χ0v) is 17.8. The molecule has 32 heavy (non-hydrogen) atoms. The number of hydrogen-bond acceptors (Lipinski definition) is 5. The average Bonchev–Trinajstić information content (AvgIpc) is 3.24. The summed E-state index contributed by atoms with van der Waals surface area (Å²) in [7, 11) is 0. The van der Waals surface area contributed by atoms with Crippen LogP contribution < -0.4 is 5.32 Å². The lowest BCUT2D eigenvalue weighted by Crippen LogP contribution is -2.45. The Hall–Kier alpha value is -3.01. The first-order valence-corrected chi connectivity index (χ1v) is 10.7. The molecule has 1 aliphatic heterocycles. The number of halogens is 3. The SMILES string of the molecule is CC[C@@H]1CCCCN1CC(=O)NCc1ccc(-c2ccnc3nc(C(F)(F)F)nn23)cc1. The molecule has 0 spiro atoms. The molecule has 1 aromatic carbocycles. The van der Waals surface area contributed by atoms with Gasteiger partial charge in [-0.3, -0.25) is 9.69 Å². The molecule has 0 unspecified atom stereocenters. The van der Waals surface area contributed by atoms with Gasteiger partial charge in [0.05, 0.1) is 12.2 Å². The van der Waals surface area contributed by atoms with Crippen LogP contribution in [0.4, 0.5) is 13.2 Å². The van der Waals surface area contributed by atoms with Crippen LogP contribution in [0.1, 0.15) is 44.0 Å². The van der Waals surface area contributed by atoms with Crippen LogP contribution in [0, 0.1) is 0 Å². The monoisotopic (exact) mass is 446 g/mol. The van der Waals surface area contributed by atoms with E-state index in [0.717, 1.165) is 35.9 Å². The molecule has 1 aliphatic rings. The Morgan fingerprint density at radius 1 is 1.19 bits per heavy atom. The van der Waals surface area contributed by atoms with Crippen LogP contribution in [0.5, 0.6) is 0 Å². The second-order valence-corrected chi connectivity index (χ2v) is 7.98. The lowest BCUT2D eigenvalue weighted by Gasteiger charge is -2.34. The molecule has 0 aliphatic carbocycles. The quantitative estimate of drug-likeness (QED) is 0.625. The molecule has 1 atom stereocenters. The van der Waals surface area contributed by atoms with Gasteiger partial charge in [-0.25, -0.2) is 4.98 Å². The van der Waals surface area contributed by atoms with Crippen molar-refractivity contribution in [3.05, 3.63) is 47.9 Å². The average molecular weight is 446 g/mol. The minimum Gasteiger partial charge on any atom is -0.351 e. The van der Waals surface area contributed by atoms with Gasteiger partial charge >= 0.3 is 6.18 Å². The third kappa shape index (κ3) is 4.90. The van der Waals surface area contributed by atoms with E-state index in [2.05, 4.69) is 32.2 Å². The lowest BCUT2D eigenvalue weighted by molar-refractivity contribution is -0.144. The number of likely N-dealkylation sites (tertiary alicyclic amines) is 1. The van der Waals surface area contributed by atoms with Crippen molar-refractivity contribution in [1.29, 1.82) is 0 Å². The first-order chi connectivity index (χ1) is 15.3. The van der Waals surface area contributed by atoms with E-state index in [9.17, 15) is 18.0 Å². The van der Waals surface area contributed by atoms with Crippen molar-refractivity contribution >= 4 is 11.7 Å². The number of fused-ring (bicyclic) bond motifs is 1. The molecule has 4 rings (SSSR count). The number of aromatic nitrogens is 4. The summed E-state index contributed by atoms with van der Waals surface area (Å²) in [5, 5.41) is 6.52. The van der Waals surface area contributed by atoms with Crippen molar-refractivity contribution in [2.45, 2.75) is 51.4 Å². The summed E-state index contributed by atoms with van der Waals surface area (Å²) in [5.41, 5.74) is 2.02. The van der Waals surface area contributed by atoms with E-state index in [-0.39, 0.29) is 11.7 Å². The number of rotatable bonds is 6. The molecule has 0 radical (unpaired) electrons. The number of amides is 1. The molecule has 1 fully saturated rings. The van der Waals surface area contributed by atoms with Crippen LogP contribution >= 0.6 is 0 Å². The molecule has 2 aromatic heterocycles.